The summed E-state index contributed by atoms with van der Waals surface area (Å²) < 4.78 is 39.8. The molecule has 0 saturated carbocycles. The van der Waals surface area contributed by atoms with E-state index in [0.29, 0.717) is 50.5 Å². The van der Waals surface area contributed by atoms with E-state index >= 15 is 0 Å². The largest absolute Gasteiger partial charge is 0.423 e. The molecule has 0 aliphatic carbocycles. The molecular weight excluding hydrogens is 499 g/mol. The number of nitrogens with one attached hydrogen (secondary N) is 2. The Morgan fingerprint density at radius 2 is 1.89 bits per heavy atom. The van der Waals surface area contributed by atoms with Crippen molar-refractivity contribution in [3.8, 4) is 0 Å². The first kappa shape index (κ1) is 27.5. The van der Waals surface area contributed by atoms with Crippen molar-refractivity contribution in [1.82, 2.24) is 10.6 Å². The number of amides is 1. The summed E-state index contributed by atoms with van der Waals surface area (Å²) >= 11 is 6.19. The zero-order valence-corrected chi connectivity index (χ0v) is 20.6. The van der Waals surface area contributed by atoms with Gasteiger partial charge in [0.15, 0.2) is 0 Å². The van der Waals surface area contributed by atoms with Crippen molar-refractivity contribution in [3.63, 3.8) is 0 Å². The summed E-state index contributed by atoms with van der Waals surface area (Å²) in [5.41, 5.74) is -0.999. The van der Waals surface area contributed by atoms with Gasteiger partial charge in [-0.15, -0.1) is 0 Å². The number of nitro benzene ring substituents is 1. The Morgan fingerprint density at radius 1 is 1.19 bits per heavy atom. The van der Waals surface area contributed by atoms with E-state index in [1.807, 2.05) is 36.2 Å². The molecule has 1 amide bonds. The predicted molar refractivity (Wildman–Crippen MR) is 134 cm³/mol. The Bertz CT molecular complexity index is 1060. The van der Waals surface area contributed by atoms with Gasteiger partial charge >= 0.3 is 6.18 Å². The molecule has 2 aromatic carbocycles. The van der Waals surface area contributed by atoms with Gasteiger partial charge in [0.1, 0.15) is 5.56 Å². The van der Waals surface area contributed by atoms with E-state index in [9.17, 15) is 28.1 Å². The number of nitrogens with zero attached hydrogens (tertiary/aromatic N) is 3. The van der Waals surface area contributed by atoms with Crippen LogP contribution in [0, 0.1) is 10.1 Å². The highest BCUT2D eigenvalue weighted by Gasteiger charge is 2.39. The molecule has 0 unspecified atom stereocenters. The van der Waals surface area contributed by atoms with Crippen LogP contribution < -0.4 is 20.4 Å². The quantitative estimate of drug-likeness (QED) is 0.269. The Labute approximate surface area is 212 Å². The van der Waals surface area contributed by atoms with Crippen LogP contribution >= 0.6 is 11.6 Å². The van der Waals surface area contributed by atoms with Gasteiger partial charge in [-0.2, -0.15) is 13.2 Å². The smallest absolute Gasteiger partial charge is 0.372 e. The van der Waals surface area contributed by atoms with E-state index in [2.05, 4.69) is 10.6 Å². The summed E-state index contributed by atoms with van der Waals surface area (Å²) in [5, 5.41) is 17.9. The van der Waals surface area contributed by atoms with E-state index < -0.39 is 22.4 Å². The normalized spacial score (nSPS) is 14.5. The Hall–Kier alpha value is -3.05. The van der Waals surface area contributed by atoms with Gasteiger partial charge in [0.05, 0.1) is 15.6 Å². The van der Waals surface area contributed by atoms with Crippen LogP contribution in [0.1, 0.15) is 24.8 Å². The third-order valence-electron chi connectivity index (χ3n) is 6.12. The molecule has 8 nitrogen and oxygen atoms in total. The highest BCUT2D eigenvalue weighted by Crippen LogP contribution is 2.38. The van der Waals surface area contributed by atoms with Crippen LogP contribution in [0.5, 0.6) is 0 Å². The van der Waals surface area contributed by atoms with Gasteiger partial charge < -0.3 is 20.4 Å². The second kappa shape index (κ2) is 12.3. The molecule has 1 fully saturated rings. The molecule has 1 aliphatic rings. The zero-order chi connectivity index (χ0) is 26.3. The van der Waals surface area contributed by atoms with Gasteiger partial charge in [-0.1, -0.05) is 23.7 Å². The highest BCUT2D eigenvalue weighted by molar-refractivity contribution is 6.33. The lowest BCUT2D eigenvalue weighted by Gasteiger charge is -2.34. The third kappa shape index (κ3) is 7.47. The van der Waals surface area contributed by atoms with Crippen LogP contribution in [0.2, 0.25) is 5.02 Å². The van der Waals surface area contributed by atoms with Crippen molar-refractivity contribution in [3.05, 3.63) is 63.2 Å². The molecule has 3 rings (SSSR count). The number of piperidine rings is 1. The number of carbonyl (C=O) groups is 1. The SMILES string of the molecule is CN(CCNCCC(=O)NC1CCN(c2ccc([N+](=O)[O-])c(C(F)(F)F)c2)CC1)c1ccccc1Cl. The minimum atomic E-state index is -4.82. The van der Waals surface area contributed by atoms with Gasteiger partial charge in [-0.25, -0.2) is 0 Å². The first-order chi connectivity index (χ1) is 17.1. The number of halogens is 4. The molecule has 0 bridgehead atoms. The van der Waals surface area contributed by atoms with E-state index in [4.69, 9.17) is 11.6 Å². The van der Waals surface area contributed by atoms with E-state index in [1.165, 1.54) is 6.07 Å². The number of anilines is 2. The summed E-state index contributed by atoms with van der Waals surface area (Å²) in [5.74, 6) is -0.0879. The lowest BCUT2D eigenvalue weighted by molar-refractivity contribution is -0.388. The molecular formula is C24H29ClF3N5O3. The maximum Gasteiger partial charge on any atom is 0.423 e. The average Bonchev–Trinajstić information content (AvgIpc) is 2.83. The third-order valence-corrected chi connectivity index (χ3v) is 6.44. The highest BCUT2D eigenvalue weighted by atomic mass is 35.5. The molecule has 2 aromatic rings. The van der Waals surface area contributed by atoms with Crippen molar-refractivity contribution in [2.75, 3.05) is 49.6 Å². The number of hydrogen-bond acceptors (Lipinski definition) is 6. The van der Waals surface area contributed by atoms with E-state index in [0.717, 1.165) is 24.4 Å². The van der Waals surface area contributed by atoms with Crippen LogP contribution in [-0.4, -0.2) is 56.6 Å². The molecule has 12 heteroatoms. The minimum Gasteiger partial charge on any atom is -0.372 e. The molecule has 1 aliphatic heterocycles. The van der Waals surface area contributed by atoms with Crippen molar-refractivity contribution < 1.29 is 22.9 Å². The Balaban J connectivity index is 1.39. The van der Waals surface area contributed by atoms with Crippen LogP contribution in [-0.2, 0) is 11.0 Å². The lowest BCUT2D eigenvalue weighted by atomic mass is 10.0. The number of hydrogen-bond donors (Lipinski definition) is 2. The lowest BCUT2D eigenvalue weighted by Crippen LogP contribution is -2.45. The number of rotatable bonds is 10. The van der Waals surface area contributed by atoms with Gasteiger partial charge in [0, 0.05) is 64.0 Å². The summed E-state index contributed by atoms with van der Waals surface area (Å²) in [7, 11) is 1.95. The van der Waals surface area contributed by atoms with Gasteiger partial charge in [-0.3, -0.25) is 14.9 Å². The topological polar surface area (TPSA) is 90.8 Å². The maximum atomic E-state index is 13.3. The van der Waals surface area contributed by atoms with E-state index in [-0.39, 0.29) is 17.6 Å². The van der Waals surface area contributed by atoms with Crippen LogP contribution in [0.15, 0.2) is 42.5 Å². The predicted octanol–water partition coefficient (Wildman–Crippen LogP) is 4.47. The molecule has 0 aromatic heterocycles. The fraction of sp³-hybridized carbons (Fsp3) is 0.458. The second-order valence-corrected chi connectivity index (χ2v) is 9.07. The molecule has 0 atom stereocenters. The molecule has 196 valence electrons. The maximum absolute atomic E-state index is 13.3. The molecule has 36 heavy (non-hydrogen) atoms. The fourth-order valence-electron chi connectivity index (χ4n) is 4.14. The summed E-state index contributed by atoms with van der Waals surface area (Å²) in [6.07, 6.45) is -3.36. The second-order valence-electron chi connectivity index (χ2n) is 8.66. The Kier molecular flexibility index (Phi) is 9.38. The summed E-state index contributed by atoms with van der Waals surface area (Å²) in [6, 6.07) is 10.6. The van der Waals surface area contributed by atoms with Crippen LogP contribution in [0.4, 0.5) is 30.2 Å². The van der Waals surface area contributed by atoms with Crippen molar-refractivity contribution in [2.24, 2.45) is 0 Å². The van der Waals surface area contributed by atoms with E-state index in [1.54, 1.807) is 4.90 Å². The standard InChI is InChI=1S/C24H29ClF3N5O3/c1-31(22-5-3-2-4-20(22)25)15-12-29-11-8-23(34)30-17-9-13-32(14-10-17)18-6-7-21(33(35)36)19(16-18)24(26,27)28/h2-7,16-17,29H,8-15H2,1H3,(H,30,34). The number of carbonyl (C=O) groups excluding carboxylic acids is 1. The number of likely N-dealkylation sites (N-methyl/N-ethyl adjacent to an activating group) is 1. The monoisotopic (exact) mass is 527 g/mol. The molecule has 1 saturated heterocycles. The van der Waals surface area contributed by atoms with Crippen LogP contribution in [0.25, 0.3) is 0 Å². The Morgan fingerprint density at radius 3 is 2.53 bits per heavy atom. The fourth-order valence-corrected chi connectivity index (χ4v) is 4.42. The number of benzene rings is 2. The molecule has 1 heterocycles. The van der Waals surface area contributed by atoms with Gasteiger partial charge in [0.2, 0.25) is 5.91 Å². The molecule has 0 spiro atoms. The van der Waals surface area contributed by atoms with Gasteiger partial charge in [0.25, 0.3) is 5.69 Å². The number of nitro groups is 1. The summed E-state index contributed by atoms with van der Waals surface area (Å²) in [6.45, 7) is 2.80. The first-order valence-electron chi connectivity index (χ1n) is 11.6. The summed E-state index contributed by atoms with van der Waals surface area (Å²) in [4.78, 5) is 26.0. The minimum absolute atomic E-state index is 0.0692. The van der Waals surface area contributed by atoms with Crippen molar-refractivity contribution in [2.45, 2.75) is 31.5 Å². The van der Waals surface area contributed by atoms with Crippen LogP contribution in [0.3, 0.4) is 0 Å². The van der Waals surface area contributed by atoms with Gasteiger partial charge in [-0.05, 0) is 37.1 Å². The van der Waals surface area contributed by atoms with Crippen molar-refractivity contribution >= 4 is 34.6 Å². The first-order valence-corrected chi connectivity index (χ1v) is 12.0. The molecule has 0 radical (unpaired) electrons. The molecule has 2 N–H and O–H groups in total. The van der Waals surface area contributed by atoms with Crippen molar-refractivity contribution in [1.29, 1.82) is 0 Å². The number of alkyl halides is 3. The zero-order valence-electron chi connectivity index (χ0n) is 19.9. The number of para-hydroxylation sites is 1. The average molecular weight is 528 g/mol.